The van der Waals surface area contributed by atoms with E-state index < -0.39 is 0 Å². The Hall–Kier alpha value is -1.69. The topological polar surface area (TPSA) is 66.6 Å². The summed E-state index contributed by atoms with van der Waals surface area (Å²) in [5.74, 6) is 0.587. The maximum Gasteiger partial charge on any atom is 0.221 e. The standard InChI is InChI=1S/C16H22N2O3/c1-4-20-16(21-5-2)11-6-7-14-12(8-11)9-13(10-17)18-15(14)19-3/h6-9,16H,4-5,10,17H2,1-3H3. The molecule has 0 aliphatic rings. The van der Waals surface area contributed by atoms with E-state index in [2.05, 4.69) is 4.98 Å². The predicted molar refractivity (Wildman–Crippen MR) is 82.2 cm³/mol. The molecule has 0 unspecified atom stereocenters. The maximum atomic E-state index is 5.69. The van der Waals surface area contributed by atoms with Crippen LogP contribution in [0.15, 0.2) is 24.3 Å². The van der Waals surface area contributed by atoms with E-state index in [1.807, 2.05) is 38.1 Å². The molecule has 0 amide bonds. The number of benzene rings is 1. The second-order valence-electron chi connectivity index (χ2n) is 4.55. The molecule has 0 bridgehead atoms. The first-order chi connectivity index (χ1) is 10.2. The van der Waals surface area contributed by atoms with E-state index in [4.69, 9.17) is 19.9 Å². The van der Waals surface area contributed by atoms with Gasteiger partial charge >= 0.3 is 0 Å². The minimum Gasteiger partial charge on any atom is -0.481 e. The first-order valence-electron chi connectivity index (χ1n) is 7.14. The highest BCUT2D eigenvalue weighted by Gasteiger charge is 2.13. The molecule has 0 radical (unpaired) electrons. The Morgan fingerprint density at radius 2 is 1.86 bits per heavy atom. The average Bonchev–Trinajstić information content (AvgIpc) is 2.52. The van der Waals surface area contributed by atoms with Crippen LogP contribution in [-0.4, -0.2) is 25.3 Å². The molecule has 0 saturated carbocycles. The van der Waals surface area contributed by atoms with Crippen molar-refractivity contribution in [1.29, 1.82) is 0 Å². The highest BCUT2D eigenvalue weighted by atomic mass is 16.7. The Morgan fingerprint density at radius 1 is 1.14 bits per heavy atom. The molecule has 1 aromatic carbocycles. The third-order valence-corrected chi connectivity index (χ3v) is 3.18. The van der Waals surface area contributed by atoms with Crippen molar-refractivity contribution in [2.45, 2.75) is 26.7 Å². The fraction of sp³-hybridized carbons (Fsp3) is 0.438. The van der Waals surface area contributed by atoms with E-state index in [0.29, 0.717) is 25.6 Å². The summed E-state index contributed by atoms with van der Waals surface area (Å²) in [5, 5.41) is 1.97. The lowest BCUT2D eigenvalue weighted by Gasteiger charge is -2.18. The molecule has 0 spiro atoms. The van der Waals surface area contributed by atoms with Crippen molar-refractivity contribution in [3.05, 3.63) is 35.5 Å². The molecule has 2 rings (SSSR count). The lowest BCUT2D eigenvalue weighted by molar-refractivity contribution is -0.140. The van der Waals surface area contributed by atoms with E-state index in [0.717, 1.165) is 22.0 Å². The van der Waals surface area contributed by atoms with Gasteiger partial charge in [0.1, 0.15) is 0 Å². The Bertz CT molecular complexity index is 595. The number of hydrogen-bond acceptors (Lipinski definition) is 5. The summed E-state index contributed by atoms with van der Waals surface area (Å²) in [6, 6.07) is 7.96. The molecular formula is C16H22N2O3. The van der Waals surface area contributed by atoms with Crippen molar-refractivity contribution in [1.82, 2.24) is 4.98 Å². The van der Waals surface area contributed by atoms with Crippen LogP contribution in [0, 0.1) is 0 Å². The molecule has 5 nitrogen and oxygen atoms in total. The van der Waals surface area contributed by atoms with Crippen molar-refractivity contribution in [3.8, 4) is 5.88 Å². The number of nitrogens with two attached hydrogens (primary N) is 1. The predicted octanol–water partition coefficient (Wildman–Crippen LogP) is 2.77. The summed E-state index contributed by atoms with van der Waals surface area (Å²) in [5.41, 5.74) is 7.46. The lowest BCUT2D eigenvalue weighted by atomic mass is 10.1. The normalized spacial score (nSPS) is 11.3. The molecule has 0 fully saturated rings. The monoisotopic (exact) mass is 290 g/mol. The quantitative estimate of drug-likeness (QED) is 0.794. The largest absolute Gasteiger partial charge is 0.481 e. The molecule has 21 heavy (non-hydrogen) atoms. The Kier molecular flexibility index (Phi) is 5.50. The summed E-state index contributed by atoms with van der Waals surface area (Å²) < 4.78 is 16.6. The lowest BCUT2D eigenvalue weighted by Crippen LogP contribution is -2.09. The Morgan fingerprint density at radius 3 is 2.43 bits per heavy atom. The first kappa shape index (κ1) is 15.7. The molecule has 1 aromatic heterocycles. The van der Waals surface area contributed by atoms with Gasteiger partial charge in [0, 0.05) is 30.7 Å². The van der Waals surface area contributed by atoms with Crippen LogP contribution < -0.4 is 10.5 Å². The van der Waals surface area contributed by atoms with Gasteiger partial charge in [-0.2, -0.15) is 0 Å². The third-order valence-electron chi connectivity index (χ3n) is 3.18. The minimum atomic E-state index is -0.357. The summed E-state index contributed by atoms with van der Waals surface area (Å²) in [6.45, 7) is 5.46. The number of aromatic nitrogens is 1. The molecule has 2 aromatic rings. The summed E-state index contributed by atoms with van der Waals surface area (Å²) >= 11 is 0. The van der Waals surface area contributed by atoms with E-state index >= 15 is 0 Å². The number of rotatable bonds is 7. The van der Waals surface area contributed by atoms with Gasteiger partial charge in [0.05, 0.1) is 12.8 Å². The van der Waals surface area contributed by atoms with Crippen molar-refractivity contribution in [2.75, 3.05) is 20.3 Å². The maximum absolute atomic E-state index is 5.69. The van der Waals surface area contributed by atoms with Crippen LogP contribution in [0.4, 0.5) is 0 Å². The molecule has 5 heteroatoms. The highest BCUT2D eigenvalue weighted by Crippen LogP contribution is 2.29. The van der Waals surface area contributed by atoms with Crippen LogP contribution in [0.25, 0.3) is 10.8 Å². The van der Waals surface area contributed by atoms with Crippen molar-refractivity contribution < 1.29 is 14.2 Å². The molecular weight excluding hydrogens is 268 g/mol. The highest BCUT2D eigenvalue weighted by molar-refractivity contribution is 5.87. The fourth-order valence-corrected chi connectivity index (χ4v) is 2.25. The van der Waals surface area contributed by atoms with Gasteiger partial charge in [0.2, 0.25) is 5.88 Å². The number of fused-ring (bicyclic) bond motifs is 1. The average molecular weight is 290 g/mol. The van der Waals surface area contributed by atoms with Gasteiger partial charge in [-0.15, -0.1) is 0 Å². The second kappa shape index (κ2) is 7.36. The molecule has 1 heterocycles. The molecule has 0 aliphatic heterocycles. The molecule has 2 N–H and O–H groups in total. The van der Waals surface area contributed by atoms with E-state index in [9.17, 15) is 0 Å². The van der Waals surface area contributed by atoms with E-state index in [-0.39, 0.29) is 6.29 Å². The van der Waals surface area contributed by atoms with Gasteiger partial charge in [-0.05, 0) is 37.4 Å². The second-order valence-corrected chi connectivity index (χ2v) is 4.55. The summed E-state index contributed by atoms with van der Waals surface area (Å²) in [7, 11) is 1.61. The van der Waals surface area contributed by atoms with Gasteiger partial charge in [0.15, 0.2) is 6.29 Å². The number of hydrogen-bond donors (Lipinski definition) is 1. The van der Waals surface area contributed by atoms with Gasteiger partial charge in [-0.25, -0.2) is 4.98 Å². The number of nitrogens with zero attached hydrogens (tertiary/aromatic N) is 1. The van der Waals surface area contributed by atoms with Crippen LogP contribution >= 0.6 is 0 Å². The van der Waals surface area contributed by atoms with Crippen LogP contribution in [0.2, 0.25) is 0 Å². The third kappa shape index (κ3) is 3.50. The van der Waals surface area contributed by atoms with Crippen molar-refractivity contribution >= 4 is 10.8 Å². The van der Waals surface area contributed by atoms with Crippen LogP contribution in [0.3, 0.4) is 0 Å². The van der Waals surface area contributed by atoms with Crippen LogP contribution in [-0.2, 0) is 16.0 Å². The zero-order valence-electron chi connectivity index (χ0n) is 12.8. The first-order valence-corrected chi connectivity index (χ1v) is 7.14. The minimum absolute atomic E-state index is 0.357. The number of methoxy groups -OCH3 is 1. The van der Waals surface area contributed by atoms with Gasteiger partial charge in [0.25, 0.3) is 0 Å². The SMILES string of the molecule is CCOC(OCC)c1ccc2c(OC)nc(CN)cc2c1. The summed E-state index contributed by atoms with van der Waals surface area (Å²) in [6.07, 6.45) is -0.357. The zero-order valence-corrected chi connectivity index (χ0v) is 12.8. The summed E-state index contributed by atoms with van der Waals surface area (Å²) in [4.78, 5) is 4.38. The zero-order chi connectivity index (χ0) is 15.2. The van der Waals surface area contributed by atoms with Crippen molar-refractivity contribution in [3.63, 3.8) is 0 Å². The Labute approximate surface area is 125 Å². The smallest absolute Gasteiger partial charge is 0.221 e. The van der Waals surface area contributed by atoms with Crippen molar-refractivity contribution in [2.24, 2.45) is 5.73 Å². The molecule has 0 aliphatic carbocycles. The molecule has 114 valence electrons. The van der Waals surface area contributed by atoms with E-state index in [1.165, 1.54) is 0 Å². The fourth-order valence-electron chi connectivity index (χ4n) is 2.25. The Balaban J connectivity index is 2.48. The van der Waals surface area contributed by atoms with Gasteiger partial charge < -0.3 is 19.9 Å². The number of ether oxygens (including phenoxy) is 3. The van der Waals surface area contributed by atoms with Gasteiger partial charge in [-0.1, -0.05) is 6.07 Å². The molecule has 0 saturated heterocycles. The molecule has 0 atom stereocenters. The van der Waals surface area contributed by atoms with Crippen LogP contribution in [0.1, 0.15) is 31.4 Å². The number of pyridine rings is 1. The van der Waals surface area contributed by atoms with Gasteiger partial charge in [-0.3, -0.25) is 0 Å². The van der Waals surface area contributed by atoms with Crippen LogP contribution in [0.5, 0.6) is 5.88 Å². The van der Waals surface area contributed by atoms with E-state index in [1.54, 1.807) is 7.11 Å².